The Morgan fingerprint density at radius 1 is 1.36 bits per heavy atom. The van der Waals surface area contributed by atoms with E-state index < -0.39 is 0 Å². The van der Waals surface area contributed by atoms with Crippen molar-refractivity contribution in [1.29, 1.82) is 0 Å². The molecule has 0 unspecified atom stereocenters. The molecule has 3 heteroatoms. The number of amidine groups is 1. The van der Waals surface area contributed by atoms with Crippen molar-refractivity contribution in [3.8, 4) is 0 Å². The van der Waals surface area contributed by atoms with Gasteiger partial charge < -0.3 is 4.90 Å². The molecule has 14 heavy (non-hydrogen) atoms. The maximum absolute atomic E-state index is 11.8. The van der Waals surface area contributed by atoms with Crippen molar-refractivity contribution in [1.82, 2.24) is 4.90 Å². The van der Waals surface area contributed by atoms with Crippen LogP contribution in [0.4, 0.5) is 0 Å². The molecule has 0 aromatic heterocycles. The number of hydrogen-bond acceptors (Lipinski definition) is 2. The minimum absolute atomic E-state index is 0.0396. The lowest BCUT2D eigenvalue weighted by Crippen LogP contribution is -2.35. The van der Waals surface area contributed by atoms with E-state index in [0.717, 1.165) is 12.3 Å². The molecule has 0 saturated heterocycles. The highest BCUT2D eigenvalue weighted by atomic mass is 16.2. The van der Waals surface area contributed by atoms with Crippen LogP contribution >= 0.6 is 0 Å². The standard InChI is InChI=1S/C11H22N2O/c1-7-9(12-5)13(6)10(14)8-11(2,3)4/h7-8H2,1-6H3. The van der Waals surface area contributed by atoms with Gasteiger partial charge in [-0.1, -0.05) is 27.7 Å². The fraction of sp³-hybridized carbons (Fsp3) is 0.818. The van der Waals surface area contributed by atoms with Crippen molar-refractivity contribution in [2.75, 3.05) is 14.1 Å². The van der Waals surface area contributed by atoms with Gasteiger partial charge in [-0.3, -0.25) is 9.79 Å². The zero-order valence-electron chi connectivity index (χ0n) is 10.2. The Balaban J connectivity index is 4.40. The number of aliphatic imine (C=N–C) groups is 1. The highest BCUT2D eigenvalue weighted by Crippen LogP contribution is 2.19. The van der Waals surface area contributed by atoms with E-state index in [1.165, 1.54) is 0 Å². The van der Waals surface area contributed by atoms with E-state index in [9.17, 15) is 4.79 Å². The minimum atomic E-state index is 0.0396. The summed E-state index contributed by atoms with van der Waals surface area (Å²) in [6.45, 7) is 8.19. The van der Waals surface area contributed by atoms with Gasteiger partial charge in [0, 0.05) is 26.9 Å². The van der Waals surface area contributed by atoms with Crippen LogP contribution in [0.25, 0.3) is 0 Å². The fourth-order valence-electron chi connectivity index (χ4n) is 1.26. The third-order valence-electron chi connectivity index (χ3n) is 2.02. The predicted octanol–water partition coefficient (Wildman–Crippen LogP) is 2.32. The van der Waals surface area contributed by atoms with Gasteiger partial charge in [-0.25, -0.2) is 0 Å². The molecule has 0 aliphatic heterocycles. The summed E-state index contributed by atoms with van der Waals surface area (Å²) >= 11 is 0. The molecule has 0 fully saturated rings. The first-order valence-electron chi connectivity index (χ1n) is 5.04. The van der Waals surface area contributed by atoms with E-state index in [1.807, 2.05) is 6.92 Å². The first-order valence-corrected chi connectivity index (χ1v) is 5.04. The zero-order chi connectivity index (χ0) is 11.4. The first kappa shape index (κ1) is 13.1. The third kappa shape index (κ3) is 4.40. The second kappa shape index (κ2) is 5.13. The van der Waals surface area contributed by atoms with Crippen molar-refractivity contribution in [2.24, 2.45) is 10.4 Å². The highest BCUT2D eigenvalue weighted by molar-refractivity contribution is 5.97. The Bertz CT molecular complexity index is 226. The average molecular weight is 198 g/mol. The molecule has 1 amide bonds. The minimum Gasteiger partial charge on any atom is -0.304 e. The van der Waals surface area contributed by atoms with Crippen LogP contribution < -0.4 is 0 Å². The van der Waals surface area contributed by atoms with E-state index in [-0.39, 0.29) is 11.3 Å². The van der Waals surface area contributed by atoms with Gasteiger partial charge >= 0.3 is 0 Å². The summed E-state index contributed by atoms with van der Waals surface area (Å²) in [5, 5.41) is 0. The Morgan fingerprint density at radius 2 is 1.86 bits per heavy atom. The molecule has 0 aromatic rings. The largest absolute Gasteiger partial charge is 0.304 e. The summed E-state index contributed by atoms with van der Waals surface area (Å²) in [6, 6.07) is 0. The van der Waals surface area contributed by atoms with Crippen LogP contribution in [0.3, 0.4) is 0 Å². The monoisotopic (exact) mass is 198 g/mol. The van der Waals surface area contributed by atoms with Gasteiger partial charge in [0.05, 0.1) is 0 Å². The molecule has 0 atom stereocenters. The summed E-state index contributed by atoms with van der Waals surface area (Å²) in [6.07, 6.45) is 1.35. The molecule has 0 aliphatic carbocycles. The zero-order valence-corrected chi connectivity index (χ0v) is 10.2. The Hall–Kier alpha value is -0.860. The molecule has 0 rings (SSSR count). The van der Waals surface area contributed by atoms with Crippen molar-refractivity contribution >= 4 is 11.7 Å². The van der Waals surface area contributed by atoms with Gasteiger partial charge in [0.15, 0.2) is 0 Å². The molecule has 0 radical (unpaired) electrons. The summed E-state index contributed by atoms with van der Waals surface area (Å²) in [5.41, 5.74) is 0.0396. The van der Waals surface area contributed by atoms with E-state index in [0.29, 0.717) is 6.42 Å². The lowest BCUT2D eigenvalue weighted by Gasteiger charge is -2.23. The Labute approximate surface area is 87.2 Å². The molecular formula is C11H22N2O. The summed E-state index contributed by atoms with van der Waals surface area (Å²) in [5.74, 6) is 0.985. The van der Waals surface area contributed by atoms with E-state index in [2.05, 4.69) is 25.8 Å². The summed E-state index contributed by atoms with van der Waals surface area (Å²) in [4.78, 5) is 17.5. The quantitative estimate of drug-likeness (QED) is 0.495. The molecule has 0 saturated carbocycles. The number of rotatable bonds is 2. The van der Waals surface area contributed by atoms with Crippen molar-refractivity contribution < 1.29 is 4.79 Å². The van der Waals surface area contributed by atoms with Gasteiger partial charge in [0.25, 0.3) is 0 Å². The van der Waals surface area contributed by atoms with Crippen LogP contribution in [0, 0.1) is 5.41 Å². The van der Waals surface area contributed by atoms with Gasteiger partial charge in [-0.2, -0.15) is 0 Å². The van der Waals surface area contributed by atoms with Crippen LogP contribution in [-0.2, 0) is 4.79 Å². The Morgan fingerprint density at radius 3 is 2.14 bits per heavy atom. The Kier molecular flexibility index (Phi) is 4.81. The lowest BCUT2D eigenvalue weighted by molar-refractivity contribution is -0.128. The molecule has 82 valence electrons. The fourth-order valence-corrected chi connectivity index (χ4v) is 1.26. The second-order valence-electron chi connectivity index (χ2n) is 4.68. The maximum atomic E-state index is 11.8. The summed E-state index contributed by atoms with van der Waals surface area (Å²) in [7, 11) is 3.51. The molecule has 0 N–H and O–H groups in total. The molecule has 3 nitrogen and oxygen atoms in total. The number of hydrogen-bond donors (Lipinski definition) is 0. The topological polar surface area (TPSA) is 32.7 Å². The third-order valence-corrected chi connectivity index (χ3v) is 2.02. The molecule has 0 bridgehead atoms. The van der Waals surface area contributed by atoms with Crippen molar-refractivity contribution in [2.45, 2.75) is 40.5 Å². The maximum Gasteiger partial charge on any atom is 0.228 e. The van der Waals surface area contributed by atoms with Gasteiger partial charge in [0.2, 0.25) is 5.91 Å². The average Bonchev–Trinajstić information content (AvgIpc) is 2.03. The van der Waals surface area contributed by atoms with E-state index in [4.69, 9.17) is 0 Å². The number of carbonyl (C=O) groups is 1. The predicted molar refractivity (Wildman–Crippen MR) is 60.5 cm³/mol. The number of carbonyl (C=O) groups excluding carboxylic acids is 1. The molecule has 0 aliphatic rings. The van der Waals surface area contributed by atoms with Gasteiger partial charge in [-0.05, 0) is 5.41 Å². The molecule has 0 spiro atoms. The second-order valence-corrected chi connectivity index (χ2v) is 4.68. The highest BCUT2D eigenvalue weighted by Gasteiger charge is 2.20. The van der Waals surface area contributed by atoms with E-state index in [1.54, 1.807) is 19.0 Å². The van der Waals surface area contributed by atoms with Crippen molar-refractivity contribution in [3.63, 3.8) is 0 Å². The van der Waals surface area contributed by atoms with Gasteiger partial charge in [-0.15, -0.1) is 0 Å². The number of amides is 1. The van der Waals surface area contributed by atoms with Crippen LogP contribution in [0.15, 0.2) is 4.99 Å². The van der Waals surface area contributed by atoms with Crippen LogP contribution in [0.2, 0.25) is 0 Å². The lowest BCUT2D eigenvalue weighted by atomic mass is 9.91. The van der Waals surface area contributed by atoms with Gasteiger partial charge in [0.1, 0.15) is 5.84 Å². The smallest absolute Gasteiger partial charge is 0.228 e. The molecule has 0 heterocycles. The molecular weight excluding hydrogens is 176 g/mol. The van der Waals surface area contributed by atoms with Crippen LogP contribution in [0.5, 0.6) is 0 Å². The normalized spacial score (nSPS) is 12.9. The first-order chi connectivity index (χ1) is 6.31. The van der Waals surface area contributed by atoms with Crippen molar-refractivity contribution in [3.05, 3.63) is 0 Å². The van der Waals surface area contributed by atoms with E-state index >= 15 is 0 Å². The SMILES string of the molecule is CCC(=NC)N(C)C(=O)CC(C)(C)C. The summed E-state index contributed by atoms with van der Waals surface area (Å²) < 4.78 is 0. The number of nitrogens with zero attached hydrogens (tertiary/aromatic N) is 2. The molecule has 0 aromatic carbocycles. The van der Waals surface area contributed by atoms with Crippen LogP contribution in [0.1, 0.15) is 40.5 Å². The van der Waals surface area contributed by atoms with Crippen LogP contribution in [-0.4, -0.2) is 30.7 Å².